The number of para-hydroxylation sites is 1. The molecule has 27 heavy (non-hydrogen) atoms. The van der Waals surface area contributed by atoms with Crippen molar-refractivity contribution in [3.8, 4) is 5.75 Å². The molecule has 1 aliphatic rings. The van der Waals surface area contributed by atoms with Crippen LogP contribution in [-0.4, -0.2) is 54.8 Å². The van der Waals surface area contributed by atoms with Gasteiger partial charge in [-0.15, -0.1) is 0 Å². The van der Waals surface area contributed by atoms with Crippen molar-refractivity contribution in [2.75, 3.05) is 26.2 Å². The average molecular weight is 388 g/mol. The maximum atomic E-state index is 13.0. The summed E-state index contributed by atoms with van der Waals surface area (Å²) in [7, 11) is -3.60. The molecule has 0 spiro atoms. The maximum absolute atomic E-state index is 13.0. The predicted molar refractivity (Wildman–Crippen MR) is 103 cm³/mol. The Morgan fingerprint density at radius 3 is 2.30 bits per heavy atom. The van der Waals surface area contributed by atoms with E-state index in [1.165, 1.54) is 4.31 Å². The first-order valence-corrected chi connectivity index (χ1v) is 10.3. The zero-order chi connectivity index (χ0) is 19.8. The normalized spacial score (nSPS) is 15.7. The number of sulfonamides is 1. The number of amides is 1. The number of phenols is 1. The van der Waals surface area contributed by atoms with Crippen LogP contribution in [0.2, 0.25) is 0 Å². The lowest BCUT2D eigenvalue weighted by atomic mass is 10.1. The van der Waals surface area contributed by atoms with Crippen LogP contribution >= 0.6 is 0 Å². The minimum Gasteiger partial charge on any atom is -0.507 e. The second-order valence-corrected chi connectivity index (χ2v) is 8.84. The Morgan fingerprint density at radius 2 is 1.63 bits per heavy atom. The van der Waals surface area contributed by atoms with Gasteiger partial charge in [-0.2, -0.15) is 4.31 Å². The number of hydrogen-bond acceptors (Lipinski definition) is 4. The van der Waals surface area contributed by atoms with Crippen LogP contribution in [-0.2, 0) is 10.0 Å². The van der Waals surface area contributed by atoms with E-state index in [0.717, 1.165) is 5.56 Å². The van der Waals surface area contributed by atoms with Gasteiger partial charge in [-0.05, 0) is 49.6 Å². The second-order valence-electron chi connectivity index (χ2n) is 6.94. The lowest BCUT2D eigenvalue weighted by Gasteiger charge is -2.34. The maximum Gasteiger partial charge on any atom is 0.257 e. The number of phenolic OH excluding ortho intramolecular Hbond substituents is 1. The summed E-state index contributed by atoms with van der Waals surface area (Å²) < 4.78 is 27.4. The van der Waals surface area contributed by atoms with Gasteiger partial charge in [-0.25, -0.2) is 8.42 Å². The summed E-state index contributed by atoms with van der Waals surface area (Å²) in [6.45, 7) is 6.42. The lowest BCUT2D eigenvalue weighted by molar-refractivity contribution is 0.0694. The highest BCUT2D eigenvalue weighted by atomic mass is 32.2. The Hall–Kier alpha value is -2.38. The van der Waals surface area contributed by atoms with E-state index in [1.54, 1.807) is 43.0 Å². The Kier molecular flexibility index (Phi) is 5.26. The van der Waals surface area contributed by atoms with Crippen LogP contribution in [0.25, 0.3) is 0 Å². The largest absolute Gasteiger partial charge is 0.507 e. The Bertz CT molecular complexity index is 977. The highest BCUT2D eigenvalue weighted by Gasteiger charge is 2.32. The van der Waals surface area contributed by atoms with Crippen molar-refractivity contribution in [1.82, 2.24) is 9.21 Å². The van der Waals surface area contributed by atoms with E-state index in [9.17, 15) is 18.3 Å². The van der Waals surface area contributed by atoms with Gasteiger partial charge in [0.2, 0.25) is 10.0 Å². The molecular formula is C20H24N2O4S. The van der Waals surface area contributed by atoms with Crippen LogP contribution in [0.15, 0.2) is 41.3 Å². The minimum absolute atomic E-state index is 0.0204. The van der Waals surface area contributed by atoms with Crippen LogP contribution in [0, 0.1) is 20.8 Å². The molecule has 2 aromatic rings. The molecule has 7 heteroatoms. The number of aromatic hydroxyl groups is 1. The Balaban J connectivity index is 1.76. The van der Waals surface area contributed by atoms with Crippen LogP contribution in [0.5, 0.6) is 5.75 Å². The van der Waals surface area contributed by atoms with Gasteiger partial charge in [-0.3, -0.25) is 4.79 Å². The molecule has 0 saturated carbocycles. The van der Waals surface area contributed by atoms with Crippen LogP contribution in [0.1, 0.15) is 27.0 Å². The number of aryl methyl sites for hydroxylation is 3. The van der Waals surface area contributed by atoms with Gasteiger partial charge in [0.1, 0.15) is 5.75 Å². The van der Waals surface area contributed by atoms with Gasteiger partial charge in [-0.1, -0.05) is 24.3 Å². The zero-order valence-corrected chi connectivity index (χ0v) is 16.6. The third-order valence-corrected chi connectivity index (χ3v) is 7.00. The van der Waals surface area contributed by atoms with Crippen molar-refractivity contribution in [2.45, 2.75) is 25.7 Å². The number of hydrogen-bond donors (Lipinski definition) is 1. The molecule has 2 aromatic carbocycles. The van der Waals surface area contributed by atoms with Crippen LogP contribution in [0.3, 0.4) is 0 Å². The summed E-state index contributed by atoms with van der Waals surface area (Å²) in [5.74, 6) is -0.298. The van der Waals surface area contributed by atoms with E-state index in [4.69, 9.17) is 0 Å². The summed E-state index contributed by atoms with van der Waals surface area (Å²) in [4.78, 5) is 14.6. The predicted octanol–water partition coefficient (Wildman–Crippen LogP) is 2.46. The molecule has 1 N–H and O–H groups in total. The number of piperazine rings is 1. The van der Waals surface area contributed by atoms with E-state index in [2.05, 4.69) is 0 Å². The fourth-order valence-electron chi connectivity index (χ4n) is 3.26. The first-order valence-electron chi connectivity index (χ1n) is 8.87. The van der Waals surface area contributed by atoms with E-state index < -0.39 is 10.0 Å². The number of carbonyl (C=O) groups excluding carboxylic acids is 1. The number of carbonyl (C=O) groups is 1. The van der Waals surface area contributed by atoms with E-state index in [-0.39, 0.29) is 43.4 Å². The molecule has 0 radical (unpaired) electrons. The zero-order valence-electron chi connectivity index (χ0n) is 15.8. The lowest BCUT2D eigenvalue weighted by Crippen LogP contribution is -2.50. The molecule has 1 aliphatic heterocycles. The summed E-state index contributed by atoms with van der Waals surface area (Å²) in [5, 5.41) is 10.1. The van der Waals surface area contributed by atoms with Crippen LogP contribution in [0.4, 0.5) is 0 Å². The number of benzene rings is 2. The quantitative estimate of drug-likeness (QED) is 0.876. The first-order chi connectivity index (χ1) is 12.7. The summed E-state index contributed by atoms with van der Waals surface area (Å²) in [6.07, 6.45) is 0. The van der Waals surface area contributed by atoms with E-state index in [0.29, 0.717) is 16.0 Å². The Labute approximate surface area is 160 Å². The van der Waals surface area contributed by atoms with Crippen molar-refractivity contribution in [3.05, 3.63) is 58.7 Å². The van der Waals surface area contributed by atoms with E-state index in [1.807, 2.05) is 19.1 Å². The SMILES string of the molecule is Cc1ccc(C)c(S(=O)(=O)N2CCN(C(=O)c3cccc(C)c3O)CC2)c1. The van der Waals surface area contributed by atoms with Crippen molar-refractivity contribution in [1.29, 1.82) is 0 Å². The monoisotopic (exact) mass is 388 g/mol. The number of rotatable bonds is 3. The standard InChI is InChI=1S/C20H24N2O4S/c1-14-7-8-15(2)18(13-14)27(25,26)22-11-9-21(10-12-22)20(24)17-6-4-5-16(3)19(17)23/h4-8,13,23H,9-12H2,1-3H3. The number of nitrogens with zero attached hydrogens (tertiary/aromatic N) is 2. The van der Waals surface area contributed by atoms with Gasteiger partial charge in [0.15, 0.2) is 0 Å². The average Bonchev–Trinajstić information content (AvgIpc) is 2.65. The molecule has 0 aromatic heterocycles. The molecule has 6 nitrogen and oxygen atoms in total. The summed E-state index contributed by atoms with van der Waals surface area (Å²) >= 11 is 0. The fraction of sp³-hybridized carbons (Fsp3) is 0.350. The molecule has 0 unspecified atom stereocenters. The summed E-state index contributed by atoms with van der Waals surface area (Å²) in [6, 6.07) is 10.4. The summed E-state index contributed by atoms with van der Waals surface area (Å²) in [5.41, 5.74) is 2.49. The van der Waals surface area contributed by atoms with Crippen molar-refractivity contribution >= 4 is 15.9 Å². The molecule has 144 valence electrons. The second kappa shape index (κ2) is 7.32. The molecule has 1 saturated heterocycles. The smallest absolute Gasteiger partial charge is 0.257 e. The van der Waals surface area contributed by atoms with Crippen molar-refractivity contribution in [2.24, 2.45) is 0 Å². The molecule has 0 aliphatic carbocycles. The fourth-order valence-corrected chi connectivity index (χ4v) is 4.99. The van der Waals surface area contributed by atoms with Crippen LogP contribution < -0.4 is 0 Å². The third kappa shape index (κ3) is 3.70. The van der Waals surface area contributed by atoms with Gasteiger partial charge in [0.25, 0.3) is 5.91 Å². The van der Waals surface area contributed by atoms with E-state index >= 15 is 0 Å². The van der Waals surface area contributed by atoms with Gasteiger partial charge in [0, 0.05) is 26.2 Å². The molecule has 0 bridgehead atoms. The van der Waals surface area contributed by atoms with Crippen molar-refractivity contribution < 1.29 is 18.3 Å². The molecule has 0 atom stereocenters. The molecule has 1 heterocycles. The first kappa shape index (κ1) is 19.4. The highest BCUT2D eigenvalue weighted by Crippen LogP contribution is 2.25. The van der Waals surface area contributed by atoms with Gasteiger partial charge in [0.05, 0.1) is 10.5 Å². The topological polar surface area (TPSA) is 77.9 Å². The molecule has 3 rings (SSSR count). The van der Waals surface area contributed by atoms with Gasteiger partial charge >= 0.3 is 0 Å². The van der Waals surface area contributed by atoms with Gasteiger partial charge < -0.3 is 10.0 Å². The van der Waals surface area contributed by atoms with Crippen molar-refractivity contribution in [3.63, 3.8) is 0 Å². The molecular weight excluding hydrogens is 364 g/mol. The molecule has 1 amide bonds. The highest BCUT2D eigenvalue weighted by molar-refractivity contribution is 7.89. The third-order valence-electron chi connectivity index (χ3n) is 4.96. The Morgan fingerprint density at radius 1 is 0.963 bits per heavy atom. The molecule has 1 fully saturated rings. The minimum atomic E-state index is -3.60.